The van der Waals surface area contributed by atoms with Crippen molar-refractivity contribution in [3.63, 3.8) is 0 Å². The van der Waals surface area contributed by atoms with Crippen molar-refractivity contribution >= 4 is 42.5 Å². The van der Waals surface area contributed by atoms with Crippen molar-refractivity contribution < 1.29 is 4.57 Å². The summed E-state index contributed by atoms with van der Waals surface area (Å²) in [6, 6.07) is 47.1. The molecule has 0 atom stereocenters. The quantitative estimate of drug-likeness (QED) is 0.160. The molecule has 0 saturated heterocycles. The largest absolute Gasteiger partial charge is 0.295 e. The van der Waals surface area contributed by atoms with Crippen molar-refractivity contribution in [2.75, 3.05) is 0 Å². The molecule has 0 saturated carbocycles. The Bertz CT molecular complexity index is 2430. The van der Waals surface area contributed by atoms with Crippen molar-refractivity contribution in [3.8, 4) is 39.3 Å². The monoisotopic (exact) mass is 641 g/mol. The summed E-state index contributed by atoms with van der Waals surface area (Å²) in [5, 5.41) is 2.64. The molecular formula is C45H41N2S+. The van der Waals surface area contributed by atoms with Gasteiger partial charge in [-0.3, -0.25) is 0 Å². The van der Waals surface area contributed by atoms with Crippen molar-refractivity contribution in [2.45, 2.75) is 46.5 Å². The van der Waals surface area contributed by atoms with E-state index in [1.807, 2.05) is 11.3 Å². The lowest BCUT2D eigenvalue weighted by Crippen LogP contribution is -2.30. The zero-order chi connectivity index (χ0) is 33.1. The number of benzene rings is 6. The lowest BCUT2D eigenvalue weighted by molar-refractivity contribution is -0.633. The molecule has 48 heavy (non-hydrogen) atoms. The molecule has 0 amide bonds. The van der Waals surface area contributed by atoms with E-state index >= 15 is 0 Å². The average molecular weight is 642 g/mol. The highest BCUT2D eigenvalue weighted by Crippen LogP contribution is 2.43. The van der Waals surface area contributed by atoms with Gasteiger partial charge >= 0.3 is 0 Å². The number of hydrogen-bond donors (Lipinski definition) is 0. The standard InChI is InChI=1S/C45H41N2S/c1-28(2)36-24-34(32-17-11-8-12-18-32)25-37(29(3)4)44(36)47-41-20-14-13-19-40(41)46(6)45(47)38-27-39-35-22-21-33(31-15-9-7-10-16-31)26-43(35)48-42(39)23-30(38)5/h7-29H,1-6H3/q+1. The predicted molar refractivity (Wildman–Crippen MR) is 207 cm³/mol. The zero-order valence-electron chi connectivity index (χ0n) is 28.6. The van der Waals surface area contributed by atoms with Gasteiger partial charge < -0.3 is 0 Å². The van der Waals surface area contributed by atoms with Crippen LogP contribution >= 0.6 is 11.3 Å². The predicted octanol–water partition coefficient (Wildman–Crippen LogP) is 12.4. The number of aryl methyl sites for hydroxylation is 2. The van der Waals surface area contributed by atoms with E-state index in [0.717, 1.165) is 0 Å². The van der Waals surface area contributed by atoms with Gasteiger partial charge in [-0.05, 0) is 89.0 Å². The fourth-order valence-electron chi connectivity index (χ4n) is 7.43. The molecule has 2 nitrogen and oxygen atoms in total. The van der Waals surface area contributed by atoms with Crippen LogP contribution in [-0.4, -0.2) is 4.57 Å². The third-order valence-electron chi connectivity index (χ3n) is 9.92. The minimum Gasteiger partial charge on any atom is -0.225 e. The highest BCUT2D eigenvalue weighted by atomic mass is 32.1. The summed E-state index contributed by atoms with van der Waals surface area (Å²) < 4.78 is 7.64. The SMILES string of the molecule is Cc1cc2sc3cc(-c4ccccc4)ccc3c2cc1-c1n(-c2c(C(C)C)cc(-c3ccccc3)cc2C(C)C)c2ccccc2[n+]1C. The van der Waals surface area contributed by atoms with Gasteiger partial charge in [0.2, 0.25) is 0 Å². The summed E-state index contributed by atoms with van der Waals surface area (Å²) in [5.41, 5.74) is 14.1. The zero-order valence-corrected chi connectivity index (χ0v) is 29.4. The molecule has 0 aliphatic heterocycles. The van der Waals surface area contributed by atoms with Gasteiger partial charge in [-0.15, -0.1) is 11.3 Å². The van der Waals surface area contributed by atoms with Gasteiger partial charge in [0.05, 0.1) is 12.6 Å². The maximum absolute atomic E-state index is 2.57. The normalized spacial score (nSPS) is 11.9. The fourth-order valence-corrected chi connectivity index (χ4v) is 8.66. The van der Waals surface area contributed by atoms with Crippen LogP contribution in [0.4, 0.5) is 0 Å². The molecule has 6 aromatic carbocycles. The lowest BCUT2D eigenvalue weighted by Gasteiger charge is -2.21. The summed E-state index contributed by atoms with van der Waals surface area (Å²) in [6.45, 7) is 11.6. The minimum atomic E-state index is 0.337. The first-order valence-electron chi connectivity index (χ1n) is 17.1. The maximum atomic E-state index is 2.57. The molecule has 0 aliphatic rings. The van der Waals surface area contributed by atoms with Gasteiger partial charge in [-0.25, -0.2) is 4.57 Å². The van der Waals surface area contributed by atoms with Crippen LogP contribution in [-0.2, 0) is 7.05 Å². The molecule has 8 aromatic rings. The smallest absolute Gasteiger partial charge is 0.225 e. The molecule has 236 valence electrons. The molecule has 0 N–H and O–H groups in total. The Morgan fingerprint density at radius 1 is 0.562 bits per heavy atom. The molecule has 0 aliphatic carbocycles. The van der Waals surface area contributed by atoms with Gasteiger partial charge in [0.15, 0.2) is 11.0 Å². The molecule has 0 spiro atoms. The molecule has 8 rings (SSSR count). The number of imidazole rings is 1. The number of rotatable bonds is 6. The number of thiophene rings is 1. The molecule has 0 radical (unpaired) electrons. The van der Waals surface area contributed by atoms with E-state index in [-0.39, 0.29) is 0 Å². The highest BCUT2D eigenvalue weighted by molar-refractivity contribution is 7.25. The van der Waals surface area contributed by atoms with Crippen LogP contribution in [0, 0.1) is 6.92 Å². The molecule has 2 aromatic heterocycles. The second kappa shape index (κ2) is 11.9. The van der Waals surface area contributed by atoms with Crippen molar-refractivity contribution in [1.29, 1.82) is 0 Å². The van der Waals surface area contributed by atoms with Crippen LogP contribution in [0.15, 0.2) is 127 Å². The first-order chi connectivity index (χ1) is 23.3. The molecule has 3 heteroatoms. The van der Waals surface area contributed by atoms with Crippen LogP contribution in [0.5, 0.6) is 0 Å². The van der Waals surface area contributed by atoms with Crippen LogP contribution in [0.25, 0.3) is 70.5 Å². The van der Waals surface area contributed by atoms with E-state index in [2.05, 4.69) is 178 Å². The van der Waals surface area contributed by atoms with Gasteiger partial charge in [-0.1, -0.05) is 113 Å². The van der Waals surface area contributed by atoms with E-state index in [1.165, 1.54) is 87.2 Å². The Morgan fingerprint density at radius 3 is 1.79 bits per heavy atom. The first kappa shape index (κ1) is 30.4. The minimum absolute atomic E-state index is 0.337. The maximum Gasteiger partial charge on any atom is 0.295 e. The summed E-state index contributed by atoms with van der Waals surface area (Å²) in [6.07, 6.45) is 0. The second-order valence-corrected chi connectivity index (χ2v) is 14.8. The van der Waals surface area contributed by atoms with E-state index in [4.69, 9.17) is 0 Å². The Hall–Kier alpha value is -4.99. The third-order valence-corrected chi connectivity index (χ3v) is 11.0. The van der Waals surface area contributed by atoms with Crippen molar-refractivity contribution in [3.05, 3.63) is 144 Å². The second-order valence-electron chi connectivity index (χ2n) is 13.7. The van der Waals surface area contributed by atoms with E-state index in [0.29, 0.717) is 11.8 Å². The number of fused-ring (bicyclic) bond motifs is 4. The van der Waals surface area contributed by atoms with E-state index < -0.39 is 0 Å². The number of nitrogens with zero attached hydrogens (tertiary/aromatic N) is 2. The summed E-state index contributed by atoms with van der Waals surface area (Å²) in [4.78, 5) is 0. The van der Waals surface area contributed by atoms with Crippen LogP contribution in [0.1, 0.15) is 56.2 Å². The van der Waals surface area contributed by atoms with Crippen LogP contribution < -0.4 is 4.57 Å². The van der Waals surface area contributed by atoms with Gasteiger partial charge in [0, 0.05) is 31.3 Å². The number of hydrogen-bond acceptors (Lipinski definition) is 1. The summed E-state index contributed by atoms with van der Waals surface area (Å²) in [7, 11) is 2.23. The summed E-state index contributed by atoms with van der Waals surface area (Å²) >= 11 is 1.90. The molecule has 0 fully saturated rings. The van der Waals surface area contributed by atoms with Crippen LogP contribution in [0.2, 0.25) is 0 Å². The molecule has 0 unspecified atom stereocenters. The highest BCUT2D eigenvalue weighted by Gasteiger charge is 2.32. The summed E-state index contributed by atoms with van der Waals surface area (Å²) in [5.74, 6) is 1.89. The number of aromatic nitrogens is 2. The fraction of sp³-hybridized carbons (Fsp3) is 0.178. The molecule has 0 bridgehead atoms. The topological polar surface area (TPSA) is 8.81 Å². The van der Waals surface area contributed by atoms with Crippen molar-refractivity contribution in [2.24, 2.45) is 7.05 Å². The number of para-hydroxylation sites is 2. The molecule has 2 heterocycles. The Labute approximate surface area is 287 Å². The van der Waals surface area contributed by atoms with E-state index in [9.17, 15) is 0 Å². The van der Waals surface area contributed by atoms with Gasteiger partial charge in [0.1, 0.15) is 5.69 Å². The van der Waals surface area contributed by atoms with Gasteiger partial charge in [0.25, 0.3) is 5.82 Å². The Morgan fingerprint density at radius 2 is 1.15 bits per heavy atom. The third kappa shape index (κ3) is 4.96. The first-order valence-corrected chi connectivity index (χ1v) is 17.9. The van der Waals surface area contributed by atoms with E-state index in [1.54, 1.807) is 0 Å². The Kier molecular flexibility index (Phi) is 7.53. The van der Waals surface area contributed by atoms with Crippen molar-refractivity contribution in [1.82, 2.24) is 4.57 Å². The lowest BCUT2D eigenvalue weighted by atomic mass is 9.88. The van der Waals surface area contributed by atoms with Gasteiger partial charge in [-0.2, -0.15) is 4.57 Å². The Balaban J connectivity index is 1.42. The van der Waals surface area contributed by atoms with Crippen LogP contribution in [0.3, 0.4) is 0 Å². The molecular weight excluding hydrogens is 601 g/mol. The average Bonchev–Trinajstić information content (AvgIpc) is 3.61.